The van der Waals surface area contributed by atoms with Crippen LogP contribution < -0.4 is 0 Å². The van der Waals surface area contributed by atoms with Crippen molar-refractivity contribution in [1.82, 2.24) is 0 Å². The molecular weight excluding hydrogens is 713 g/mol. The van der Waals surface area contributed by atoms with Crippen molar-refractivity contribution in [1.29, 1.82) is 10.5 Å². The summed E-state index contributed by atoms with van der Waals surface area (Å²) in [7, 11) is 0. The average Bonchev–Trinajstić information content (AvgIpc) is 3.70. The molecule has 11 rings (SSSR count). The molecule has 59 heavy (non-hydrogen) atoms. The maximum Gasteiger partial charge on any atom is 0.0991 e. The van der Waals surface area contributed by atoms with Crippen molar-refractivity contribution < 1.29 is 0 Å². The van der Waals surface area contributed by atoms with Crippen LogP contribution in [0.2, 0.25) is 0 Å². The lowest BCUT2D eigenvalue weighted by molar-refractivity contribution is 0.649. The van der Waals surface area contributed by atoms with Crippen molar-refractivity contribution >= 4 is 21.5 Å². The Hall–Kier alpha value is -6.74. The van der Waals surface area contributed by atoms with Crippen molar-refractivity contribution in [2.75, 3.05) is 0 Å². The summed E-state index contributed by atoms with van der Waals surface area (Å²) in [6.07, 6.45) is 0. The standard InChI is InChI=1S/C57H44N2/c1-31-21-33(29-58)17-19-35(31)41-23-51-53(39-15-11-9-13-37(39)41)45-27-47-43(25-49(45)56(51,5)6)44-26-50-46(28-48(44)55(47,3)4)54-40-16-12-10-14-38(40)42(24-52(54)57(50,7)8)36-20-18-34(30-59)22-32(36)2/h9-28H,1-8H3. The molecule has 0 amide bonds. The van der Waals surface area contributed by atoms with Crippen LogP contribution in [0.3, 0.4) is 0 Å². The Morgan fingerprint density at radius 3 is 1.03 bits per heavy atom. The number of aryl methyl sites for hydroxylation is 2. The van der Waals surface area contributed by atoms with Gasteiger partial charge in [0.2, 0.25) is 0 Å². The third-order valence-corrected chi connectivity index (χ3v) is 14.6. The van der Waals surface area contributed by atoms with E-state index in [-0.39, 0.29) is 16.2 Å². The molecule has 0 spiro atoms. The Balaban J connectivity index is 1.11. The van der Waals surface area contributed by atoms with Gasteiger partial charge in [0.05, 0.1) is 23.3 Å². The molecule has 2 nitrogen and oxygen atoms in total. The summed E-state index contributed by atoms with van der Waals surface area (Å²) < 4.78 is 0. The van der Waals surface area contributed by atoms with E-state index in [0.717, 1.165) is 11.1 Å². The number of hydrogen-bond donors (Lipinski definition) is 0. The molecule has 0 radical (unpaired) electrons. The highest BCUT2D eigenvalue weighted by atomic mass is 14.5. The van der Waals surface area contributed by atoms with E-state index >= 15 is 0 Å². The van der Waals surface area contributed by atoms with Gasteiger partial charge in [-0.1, -0.05) is 102 Å². The molecule has 0 saturated heterocycles. The normalized spacial score (nSPS) is 15.5. The van der Waals surface area contributed by atoms with Crippen molar-refractivity contribution in [3.63, 3.8) is 0 Å². The number of benzene rings is 8. The van der Waals surface area contributed by atoms with Crippen LogP contribution >= 0.6 is 0 Å². The van der Waals surface area contributed by atoms with E-state index in [1.54, 1.807) is 0 Å². The van der Waals surface area contributed by atoms with Crippen molar-refractivity contribution in [3.05, 3.63) is 177 Å². The number of nitriles is 2. The van der Waals surface area contributed by atoms with Crippen molar-refractivity contribution in [3.8, 4) is 67.8 Å². The minimum atomic E-state index is -0.225. The fourth-order valence-electron chi connectivity index (χ4n) is 11.4. The molecule has 0 aliphatic heterocycles. The molecule has 8 aromatic rings. The molecule has 0 N–H and O–H groups in total. The quantitative estimate of drug-likeness (QED) is 0.176. The van der Waals surface area contributed by atoms with E-state index in [1.165, 1.54) is 111 Å². The number of fused-ring (bicyclic) bond motifs is 13. The fraction of sp³-hybridized carbons (Fsp3) is 0.193. The van der Waals surface area contributed by atoms with Crippen LogP contribution in [0, 0.1) is 36.5 Å². The second-order valence-corrected chi connectivity index (χ2v) is 18.8. The third-order valence-electron chi connectivity index (χ3n) is 14.6. The fourth-order valence-corrected chi connectivity index (χ4v) is 11.4. The molecule has 0 unspecified atom stereocenters. The van der Waals surface area contributed by atoms with Gasteiger partial charge in [0.25, 0.3) is 0 Å². The molecule has 2 heteroatoms. The summed E-state index contributed by atoms with van der Waals surface area (Å²) in [5, 5.41) is 24.3. The van der Waals surface area contributed by atoms with Gasteiger partial charge in [-0.25, -0.2) is 0 Å². The van der Waals surface area contributed by atoms with Crippen LogP contribution in [-0.4, -0.2) is 0 Å². The Kier molecular flexibility index (Phi) is 7.02. The molecule has 3 aliphatic rings. The van der Waals surface area contributed by atoms with Gasteiger partial charge in [0.1, 0.15) is 0 Å². The van der Waals surface area contributed by atoms with E-state index in [2.05, 4.69) is 165 Å². The summed E-state index contributed by atoms with van der Waals surface area (Å²) in [6.45, 7) is 18.7. The predicted molar refractivity (Wildman–Crippen MR) is 244 cm³/mol. The first-order valence-electron chi connectivity index (χ1n) is 20.8. The summed E-state index contributed by atoms with van der Waals surface area (Å²) >= 11 is 0. The van der Waals surface area contributed by atoms with Gasteiger partial charge in [0, 0.05) is 16.2 Å². The van der Waals surface area contributed by atoms with Gasteiger partial charge in [-0.15, -0.1) is 0 Å². The molecule has 0 saturated carbocycles. The van der Waals surface area contributed by atoms with Crippen LogP contribution in [0.15, 0.2) is 121 Å². The summed E-state index contributed by atoms with van der Waals surface area (Å²) in [4.78, 5) is 0. The molecule has 3 aliphatic carbocycles. The zero-order chi connectivity index (χ0) is 40.9. The molecule has 0 bridgehead atoms. The summed E-state index contributed by atoms with van der Waals surface area (Å²) in [5.74, 6) is 0. The van der Waals surface area contributed by atoms with Gasteiger partial charge < -0.3 is 0 Å². The summed E-state index contributed by atoms with van der Waals surface area (Å²) in [5.41, 5.74) is 24.1. The minimum absolute atomic E-state index is 0.209. The third kappa shape index (κ3) is 4.55. The number of rotatable bonds is 2. The topological polar surface area (TPSA) is 47.6 Å². The van der Waals surface area contributed by atoms with Crippen molar-refractivity contribution in [2.24, 2.45) is 0 Å². The van der Waals surface area contributed by atoms with Gasteiger partial charge in [0.15, 0.2) is 0 Å². The minimum Gasteiger partial charge on any atom is -0.192 e. The van der Waals surface area contributed by atoms with Crippen molar-refractivity contribution in [2.45, 2.75) is 71.6 Å². The number of hydrogen-bond acceptors (Lipinski definition) is 2. The molecule has 8 aromatic carbocycles. The van der Waals surface area contributed by atoms with E-state index in [1.807, 2.05) is 24.3 Å². The second kappa shape index (κ2) is 11.7. The van der Waals surface area contributed by atoms with Gasteiger partial charge >= 0.3 is 0 Å². The molecule has 0 aromatic heterocycles. The molecule has 0 fully saturated rings. The van der Waals surface area contributed by atoms with Gasteiger partial charge in [-0.3, -0.25) is 0 Å². The van der Waals surface area contributed by atoms with E-state index in [0.29, 0.717) is 11.1 Å². The van der Waals surface area contributed by atoms with Crippen LogP contribution in [0.4, 0.5) is 0 Å². The molecule has 0 heterocycles. The van der Waals surface area contributed by atoms with E-state index < -0.39 is 0 Å². The van der Waals surface area contributed by atoms with Crippen LogP contribution in [-0.2, 0) is 16.2 Å². The lowest BCUT2D eigenvalue weighted by Crippen LogP contribution is -2.17. The Morgan fingerprint density at radius 2 is 0.661 bits per heavy atom. The monoisotopic (exact) mass is 756 g/mol. The predicted octanol–water partition coefficient (Wildman–Crippen LogP) is 14.6. The van der Waals surface area contributed by atoms with Crippen LogP contribution in [0.25, 0.3) is 77.2 Å². The Bertz CT molecular complexity index is 3110. The highest BCUT2D eigenvalue weighted by Crippen LogP contribution is 2.61. The zero-order valence-corrected chi connectivity index (χ0v) is 34.9. The molecule has 0 atom stereocenters. The first kappa shape index (κ1) is 35.4. The SMILES string of the molecule is Cc1cc(C#N)ccc1-c1cc2c(c3ccccc13)-c1cc3c(cc1C2(C)C)-c1cc2c(cc1C3(C)C)-c1c(cc(-c3ccc(C#N)cc3C)c3ccccc13)C2(C)C. The lowest BCUT2D eigenvalue weighted by Gasteiger charge is -2.25. The number of nitrogens with zero attached hydrogens (tertiary/aromatic N) is 2. The van der Waals surface area contributed by atoms with Gasteiger partial charge in [-0.2, -0.15) is 10.5 Å². The smallest absolute Gasteiger partial charge is 0.0991 e. The Labute approximate surface area is 347 Å². The Morgan fingerprint density at radius 1 is 0.339 bits per heavy atom. The van der Waals surface area contributed by atoms with E-state index in [9.17, 15) is 10.5 Å². The van der Waals surface area contributed by atoms with Crippen LogP contribution in [0.5, 0.6) is 0 Å². The highest BCUT2D eigenvalue weighted by molar-refractivity contribution is 6.12. The van der Waals surface area contributed by atoms with Crippen LogP contribution in [0.1, 0.15) is 97.2 Å². The zero-order valence-electron chi connectivity index (χ0n) is 34.9. The molecule has 282 valence electrons. The average molecular weight is 757 g/mol. The van der Waals surface area contributed by atoms with E-state index in [4.69, 9.17) is 0 Å². The highest BCUT2D eigenvalue weighted by Gasteiger charge is 2.45. The summed E-state index contributed by atoms with van der Waals surface area (Å²) in [6, 6.07) is 49.7. The largest absolute Gasteiger partial charge is 0.192 e. The second-order valence-electron chi connectivity index (χ2n) is 18.8. The lowest BCUT2D eigenvalue weighted by atomic mass is 9.78. The maximum atomic E-state index is 9.62. The first-order valence-corrected chi connectivity index (χ1v) is 20.8. The van der Waals surface area contributed by atoms with Gasteiger partial charge in [-0.05, 0) is 196 Å². The first-order chi connectivity index (χ1) is 28.2. The molecular formula is C57H44N2. The maximum absolute atomic E-state index is 9.62.